The van der Waals surface area contributed by atoms with E-state index in [9.17, 15) is 9.59 Å². The quantitative estimate of drug-likeness (QED) is 0.230. The molecule has 188 valence electrons. The van der Waals surface area contributed by atoms with Gasteiger partial charge in [0.15, 0.2) is 5.84 Å². The van der Waals surface area contributed by atoms with E-state index in [1.54, 1.807) is 18.5 Å². The number of primary amides is 1. The van der Waals surface area contributed by atoms with Crippen LogP contribution in [-0.4, -0.2) is 46.7 Å². The monoisotopic (exact) mass is 509 g/mol. The third-order valence-electron chi connectivity index (χ3n) is 5.85. The van der Waals surface area contributed by atoms with Crippen molar-refractivity contribution in [3.63, 3.8) is 0 Å². The second kappa shape index (κ2) is 11.1. The van der Waals surface area contributed by atoms with E-state index in [1.165, 1.54) is 0 Å². The van der Waals surface area contributed by atoms with Crippen LogP contribution in [0.5, 0.6) is 0 Å². The number of alkyl halides is 1. The lowest BCUT2D eigenvalue weighted by Gasteiger charge is -2.27. The molecule has 1 aromatic heterocycles. The van der Waals surface area contributed by atoms with E-state index >= 15 is 0 Å². The van der Waals surface area contributed by atoms with Crippen molar-refractivity contribution >= 4 is 35.3 Å². The van der Waals surface area contributed by atoms with Crippen molar-refractivity contribution in [2.24, 2.45) is 16.5 Å². The molecule has 0 bridgehead atoms. The average Bonchev–Trinajstić information content (AvgIpc) is 3.31. The van der Waals surface area contributed by atoms with Crippen molar-refractivity contribution in [3.8, 4) is 11.1 Å². The number of benzene rings is 2. The van der Waals surface area contributed by atoms with Gasteiger partial charge in [-0.25, -0.2) is 14.8 Å². The molecular weight excluding hydrogens is 482 g/mol. The third-order valence-corrected chi connectivity index (χ3v) is 6.24. The third kappa shape index (κ3) is 5.60. The molecule has 5 N–H and O–H groups in total. The van der Waals surface area contributed by atoms with Gasteiger partial charge in [0.1, 0.15) is 11.5 Å². The second-order valence-corrected chi connectivity index (χ2v) is 8.74. The van der Waals surface area contributed by atoms with Crippen molar-refractivity contribution in [1.82, 2.24) is 14.9 Å². The number of fused-ring (bicyclic) bond motifs is 1. The Bertz CT molecular complexity index is 1290. The van der Waals surface area contributed by atoms with E-state index in [0.29, 0.717) is 36.6 Å². The van der Waals surface area contributed by atoms with E-state index in [1.807, 2.05) is 52.9 Å². The molecule has 1 atom stereocenters. The number of hydrogen-bond acceptors (Lipinski definition) is 7. The molecule has 0 spiro atoms. The Kier molecular flexibility index (Phi) is 7.74. The number of aromatic nitrogens is 2. The summed E-state index contributed by atoms with van der Waals surface area (Å²) < 4.78 is 7.28. The van der Waals surface area contributed by atoms with Crippen LogP contribution >= 0.6 is 11.6 Å². The van der Waals surface area contributed by atoms with Gasteiger partial charge in [-0.1, -0.05) is 48.0 Å². The largest absolute Gasteiger partial charge is 0.450 e. The molecule has 3 aromatic rings. The zero-order chi connectivity index (χ0) is 25.7. The molecule has 1 aliphatic heterocycles. The van der Waals surface area contributed by atoms with E-state index < -0.39 is 17.6 Å². The van der Waals surface area contributed by atoms with Crippen molar-refractivity contribution in [1.29, 1.82) is 0 Å². The van der Waals surface area contributed by atoms with Crippen LogP contribution < -0.4 is 21.7 Å². The molecule has 2 amide bonds. The standard InChI is InChI=1S/C25H28ClN7O3/c1-32-23-20(21(27)31-24(32)26)30-15-33(23)11-4-5-12-36-25(35)29-14-16-7-6-8-17(13-16)18-9-2-3-10-19(18)22(28)34/h2-3,6-10,13,15,24H,4-5,11-12,14H2,1H3,(H2,27,31)(H2,28,34)(H,29,35). The number of hydrogen-bond donors (Lipinski definition) is 3. The Hall–Kier alpha value is -4.05. The molecule has 10 nitrogen and oxygen atoms in total. The lowest BCUT2D eigenvalue weighted by molar-refractivity contribution is 0.100. The van der Waals surface area contributed by atoms with Crippen molar-refractivity contribution in [2.75, 3.05) is 18.6 Å². The number of aryl methyl sites for hydroxylation is 1. The second-order valence-electron chi connectivity index (χ2n) is 8.35. The summed E-state index contributed by atoms with van der Waals surface area (Å²) >= 11 is 6.20. The Labute approximate surface area is 213 Å². The highest BCUT2D eigenvalue weighted by atomic mass is 35.5. The number of nitrogens with one attached hydrogen (secondary N) is 1. The Morgan fingerprint density at radius 2 is 1.97 bits per heavy atom. The van der Waals surface area contributed by atoms with Crippen LogP contribution in [0.1, 0.15) is 34.5 Å². The molecule has 11 heteroatoms. The fourth-order valence-corrected chi connectivity index (χ4v) is 4.22. The highest BCUT2D eigenvalue weighted by Gasteiger charge is 2.27. The molecule has 1 aliphatic rings. The summed E-state index contributed by atoms with van der Waals surface area (Å²) in [6.07, 6.45) is 2.67. The first kappa shape index (κ1) is 25.1. The summed E-state index contributed by atoms with van der Waals surface area (Å²) in [6, 6.07) is 14.7. The van der Waals surface area contributed by atoms with Crippen molar-refractivity contribution < 1.29 is 14.3 Å². The van der Waals surface area contributed by atoms with Crippen LogP contribution in [0.25, 0.3) is 11.1 Å². The molecule has 0 aliphatic carbocycles. The summed E-state index contributed by atoms with van der Waals surface area (Å²) in [4.78, 5) is 34.2. The van der Waals surface area contributed by atoms with E-state index in [2.05, 4.69) is 15.3 Å². The molecule has 2 aromatic carbocycles. The van der Waals surface area contributed by atoms with Crippen LogP contribution in [0.4, 0.5) is 10.6 Å². The maximum atomic E-state index is 12.2. The van der Waals surface area contributed by atoms with E-state index in [-0.39, 0.29) is 6.61 Å². The highest BCUT2D eigenvalue weighted by molar-refractivity contribution is 6.23. The molecule has 4 rings (SSSR count). The molecule has 1 unspecified atom stereocenters. The van der Waals surface area contributed by atoms with Crippen LogP contribution in [0.15, 0.2) is 59.9 Å². The number of imidazole rings is 1. The predicted octanol–water partition coefficient (Wildman–Crippen LogP) is 3.03. The smallest absolute Gasteiger partial charge is 0.407 e. The summed E-state index contributed by atoms with van der Waals surface area (Å²) in [5, 5.41) is 2.76. The first-order chi connectivity index (χ1) is 17.3. The molecule has 0 saturated carbocycles. The van der Waals surface area contributed by atoms with Gasteiger partial charge in [0.2, 0.25) is 11.5 Å². The fraction of sp³-hybridized carbons (Fsp3) is 0.280. The number of amides is 2. The summed E-state index contributed by atoms with van der Waals surface area (Å²) in [7, 11) is 1.84. The Balaban J connectivity index is 1.23. The molecule has 0 radical (unpaired) electrons. The van der Waals surface area contributed by atoms with E-state index in [0.717, 1.165) is 28.9 Å². The van der Waals surface area contributed by atoms with Crippen LogP contribution in [0.3, 0.4) is 0 Å². The van der Waals surface area contributed by atoms with Gasteiger partial charge < -0.3 is 31.0 Å². The van der Waals surface area contributed by atoms with Gasteiger partial charge in [-0.3, -0.25) is 4.79 Å². The number of aliphatic imine (C=N–C) groups is 1. The number of nitrogens with zero attached hydrogens (tertiary/aromatic N) is 4. The topological polar surface area (TPSA) is 141 Å². The average molecular weight is 510 g/mol. The Morgan fingerprint density at radius 1 is 1.17 bits per heavy atom. The van der Waals surface area contributed by atoms with Gasteiger partial charge in [-0.2, -0.15) is 0 Å². The normalized spacial score (nSPS) is 14.7. The number of amidine groups is 1. The number of rotatable bonds is 9. The first-order valence-electron chi connectivity index (χ1n) is 11.5. The zero-order valence-electron chi connectivity index (χ0n) is 19.9. The van der Waals surface area contributed by atoms with Crippen LogP contribution in [0, 0.1) is 0 Å². The highest BCUT2D eigenvalue weighted by Crippen LogP contribution is 2.27. The molecule has 36 heavy (non-hydrogen) atoms. The zero-order valence-corrected chi connectivity index (χ0v) is 20.6. The number of nitrogens with two attached hydrogens (primary N) is 2. The maximum Gasteiger partial charge on any atom is 0.407 e. The molecule has 0 fully saturated rings. The van der Waals surface area contributed by atoms with Gasteiger partial charge in [0.25, 0.3) is 0 Å². The van der Waals surface area contributed by atoms with E-state index in [4.69, 9.17) is 27.8 Å². The van der Waals surface area contributed by atoms with Gasteiger partial charge >= 0.3 is 6.09 Å². The number of unbranched alkanes of at least 4 members (excludes halogenated alkanes) is 1. The molecule has 0 saturated heterocycles. The van der Waals surface area contributed by atoms with Gasteiger partial charge in [0, 0.05) is 25.7 Å². The van der Waals surface area contributed by atoms with Gasteiger partial charge in [-0.15, -0.1) is 0 Å². The lowest BCUT2D eigenvalue weighted by Crippen LogP contribution is -2.36. The number of carbonyl (C=O) groups excluding carboxylic acids is 2. The Morgan fingerprint density at radius 3 is 2.78 bits per heavy atom. The lowest BCUT2D eigenvalue weighted by atomic mass is 9.98. The minimum atomic E-state index is -0.571. The number of carbonyl (C=O) groups is 2. The van der Waals surface area contributed by atoms with Gasteiger partial charge in [0.05, 0.1) is 12.9 Å². The molecule has 2 heterocycles. The SMILES string of the molecule is CN1c2c(ncn2CCCCOC(=O)NCc2cccc(-c3ccccc3C(N)=O)c2)C(N)=NC1Cl. The summed E-state index contributed by atoms with van der Waals surface area (Å²) in [6.45, 7) is 1.25. The summed E-state index contributed by atoms with van der Waals surface area (Å²) in [5.74, 6) is 0.658. The minimum absolute atomic E-state index is 0.284. The van der Waals surface area contributed by atoms with Gasteiger partial charge in [-0.05, 0) is 41.7 Å². The summed E-state index contributed by atoms with van der Waals surface area (Å²) in [5.41, 5.74) is 14.4. The number of anilines is 1. The predicted molar refractivity (Wildman–Crippen MR) is 139 cm³/mol. The number of ether oxygens (including phenoxy) is 1. The minimum Gasteiger partial charge on any atom is -0.450 e. The van der Waals surface area contributed by atoms with Crippen LogP contribution in [-0.2, 0) is 17.8 Å². The van der Waals surface area contributed by atoms with Crippen molar-refractivity contribution in [3.05, 3.63) is 71.7 Å². The number of halogens is 1. The maximum absolute atomic E-state index is 12.2. The molecular formula is C25H28ClN7O3. The number of alkyl carbamates (subject to hydrolysis) is 1. The van der Waals surface area contributed by atoms with Crippen LogP contribution in [0.2, 0.25) is 0 Å². The first-order valence-corrected chi connectivity index (χ1v) is 11.9. The van der Waals surface area contributed by atoms with Crippen molar-refractivity contribution in [2.45, 2.75) is 31.6 Å². The fourth-order valence-electron chi connectivity index (χ4n) is 4.03.